The first-order valence-electron chi connectivity index (χ1n) is 7.95. The van der Waals surface area contributed by atoms with E-state index >= 15 is 0 Å². The van der Waals surface area contributed by atoms with E-state index in [1.807, 2.05) is 39.0 Å². The van der Waals surface area contributed by atoms with E-state index in [1.165, 1.54) is 7.11 Å². The summed E-state index contributed by atoms with van der Waals surface area (Å²) in [4.78, 5) is 12.1. The van der Waals surface area contributed by atoms with Crippen LogP contribution in [0.25, 0.3) is 0 Å². The summed E-state index contributed by atoms with van der Waals surface area (Å²) >= 11 is 11.3. The normalized spacial score (nSPS) is 10.2. The topological polar surface area (TPSA) is 59.6 Å². The number of thiocarbonyl (C=S) groups is 1. The summed E-state index contributed by atoms with van der Waals surface area (Å²) in [5.41, 5.74) is 3.51. The molecule has 0 aromatic heterocycles. The third-order valence-corrected chi connectivity index (χ3v) is 4.30. The lowest BCUT2D eigenvalue weighted by molar-refractivity contribution is -0.121. The molecule has 7 heteroatoms. The maximum atomic E-state index is 12.1. The van der Waals surface area contributed by atoms with E-state index in [4.69, 9.17) is 33.3 Å². The largest absolute Gasteiger partial charge is 0.495 e. The van der Waals surface area contributed by atoms with E-state index in [0.29, 0.717) is 22.2 Å². The van der Waals surface area contributed by atoms with Crippen LogP contribution in [0.1, 0.15) is 16.7 Å². The van der Waals surface area contributed by atoms with Gasteiger partial charge in [-0.05, 0) is 61.8 Å². The number of anilines is 1. The van der Waals surface area contributed by atoms with Crippen LogP contribution in [0, 0.1) is 20.8 Å². The molecule has 0 heterocycles. The molecule has 0 fully saturated rings. The lowest BCUT2D eigenvalue weighted by Crippen LogP contribution is -2.37. The second-order valence-electron chi connectivity index (χ2n) is 5.86. The molecule has 0 saturated heterocycles. The Morgan fingerprint density at radius 2 is 1.85 bits per heavy atom. The fourth-order valence-electron chi connectivity index (χ4n) is 2.25. The average molecular weight is 393 g/mol. The highest BCUT2D eigenvalue weighted by atomic mass is 35.5. The lowest BCUT2D eigenvalue weighted by Gasteiger charge is -2.15. The van der Waals surface area contributed by atoms with Crippen molar-refractivity contribution in [3.05, 3.63) is 52.0 Å². The molecule has 0 aliphatic heterocycles. The smallest absolute Gasteiger partial charge is 0.264 e. The summed E-state index contributed by atoms with van der Waals surface area (Å²) in [6.45, 7) is 5.62. The first-order chi connectivity index (χ1) is 12.3. The number of ether oxygens (including phenoxy) is 2. The summed E-state index contributed by atoms with van der Waals surface area (Å²) in [6.07, 6.45) is 0. The summed E-state index contributed by atoms with van der Waals surface area (Å²) in [7, 11) is 1.53. The molecule has 26 heavy (non-hydrogen) atoms. The molecule has 2 N–H and O–H groups in total. The van der Waals surface area contributed by atoms with Gasteiger partial charge in [-0.25, -0.2) is 0 Å². The maximum absolute atomic E-state index is 12.1. The molecule has 2 aromatic carbocycles. The highest BCUT2D eigenvalue weighted by Crippen LogP contribution is 2.30. The van der Waals surface area contributed by atoms with Gasteiger partial charge in [0.15, 0.2) is 11.7 Å². The van der Waals surface area contributed by atoms with Gasteiger partial charge in [0.1, 0.15) is 11.5 Å². The number of methoxy groups -OCH3 is 1. The monoisotopic (exact) mass is 392 g/mol. The van der Waals surface area contributed by atoms with Crippen LogP contribution in [0.4, 0.5) is 5.69 Å². The number of benzene rings is 2. The van der Waals surface area contributed by atoms with Gasteiger partial charge in [-0.15, -0.1) is 0 Å². The molecule has 1 amide bonds. The lowest BCUT2D eigenvalue weighted by atomic mass is 10.1. The van der Waals surface area contributed by atoms with Crippen LogP contribution in [-0.2, 0) is 4.79 Å². The Hall–Kier alpha value is -2.31. The molecule has 0 radical (unpaired) electrons. The van der Waals surface area contributed by atoms with Gasteiger partial charge in [-0.3, -0.25) is 10.1 Å². The quantitative estimate of drug-likeness (QED) is 0.748. The van der Waals surface area contributed by atoms with Crippen LogP contribution in [0.3, 0.4) is 0 Å². The minimum Gasteiger partial charge on any atom is -0.495 e. The highest BCUT2D eigenvalue weighted by molar-refractivity contribution is 7.80. The Morgan fingerprint density at radius 3 is 2.54 bits per heavy atom. The number of rotatable bonds is 5. The molecule has 2 rings (SSSR count). The van der Waals surface area contributed by atoms with E-state index in [0.717, 1.165) is 16.7 Å². The van der Waals surface area contributed by atoms with Gasteiger partial charge in [0.25, 0.3) is 5.91 Å². The van der Waals surface area contributed by atoms with Crippen LogP contribution >= 0.6 is 23.8 Å². The van der Waals surface area contributed by atoms with Crippen molar-refractivity contribution in [3.8, 4) is 11.5 Å². The molecule has 138 valence electrons. The number of halogens is 1. The van der Waals surface area contributed by atoms with Gasteiger partial charge in [0.05, 0.1) is 12.8 Å². The molecule has 0 spiro atoms. The number of carbonyl (C=O) groups excluding carboxylic acids is 1. The molecule has 0 atom stereocenters. The van der Waals surface area contributed by atoms with Gasteiger partial charge in [-0.1, -0.05) is 23.7 Å². The standard InChI is InChI=1S/C19H21ClN2O3S/c1-11-5-6-12(2)16(7-11)25-10-18(23)22-19(26)21-15-8-13(3)14(20)9-17(15)24-4/h5-9H,10H2,1-4H3,(H2,21,22,23,26). The molecule has 5 nitrogen and oxygen atoms in total. The maximum Gasteiger partial charge on any atom is 0.264 e. The fourth-order valence-corrected chi connectivity index (χ4v) is 2.63. The second-order valence-corrected chi connectivity index (χ2v) is 6.68. The molecule has 0 aliphatic rings. The zero-order valence-corrected chi connectivity index (χ0v) is 16.7. The predicted molar refractivity (Wildman–Crippen MR) is 109 cm³/mol. The molecule has 2 aromatic rings. The predicted octanol–water partition coefficient (Wildman–Crippen LogP) is 4.17. The Kier molecular flexibility index (Phi) is 6.83. The SMILES string of the molecule is COc1cc(Cl)c(C)cc1NC(=S)NC(=O)COc1cc(C)ccc1C. The van der Waals surface area contributed by atoms with Crippen molar-refractivity contribution in [1.82, 2.24) is 5.32 Å². The second kappa shape index (κ2) is 8.87. The molecule has 0 bridgehead atoms. The van der Waals surface area contributed by atoms with E-state index in [-0.39, 0.29) is 17.6 Å². The Morgan fingerprint density at radius 1 is 1.12 bits per heavy atom. The Balaban J connectivity index is 1.94. The van der Waals surface area contributed by atoms with E-state index in [1.54, 1.807) is 12.1 Å². The third kappa shape index (κ3) is 5.34. The van der Waals surface area contributed by atoms with Crippen molar-refractivity contribution in [2.75, 3.05) is 19.0 Å². The molecular formula is C19H21ClN2O3S. The Labute approximate surface area is 163 Å². The van der Waals surface area contributed by atoms with Crippen molar-refractivity contribution < 1.29 is 14.3 Å². The van der Waals surface area contributed by atoms with E-state index < -0.39 is 0 Å². The first-order valence-corrected chi connectivity index (χ1v) is 8.73. The summed E-state index contributed by atoms with van der Waals surface area (Å²) in [5.74, 6) is 0.853. The van der Waals surface area contributed by atoms with Crippen molar-refractivity contribution in [3.63, 3.8) is 0 Å². The first kappa shape index (κ1) is 20.0. The van der Waals surface area contributed by atoms with Crippen LogP contribution < -0.4 is 20.1 Å². The van der Waals surface area contributed by atoms with Gasteiger partial charge >= 0.3 is 0 Å². The summed E-state index contributed by atoms with van der Waals surface area (Å²) < 4.78 is 10.8. The Bertz CT molecular complexity index is 840. The number of aryl methyl sites for hydroxylation is 3. The van der Waals surface area contributed by atoms with Crippen molar-refractivity contribution in [2.45, 2.75) is 20.8 Å². The minimum atomic E-state index is -0.354. The van der Waals surface area contributed by atoms with Crippen molar-refractivity contribution >= 4 is 40.5 Å². The van der Waals surface area contributed by atoms with Crippen LogP contribution in [0.5, 0.6) is 11.5 Å². The number of carbonyl (C=O) groups is 1. The van der Waals surface area contributed by atoms with Crippen molar-refractivity contribution in [2.24, 2.45) is 0 Å². The van der Waals surface area contributed by atoms with E-state index in [2.05, 4.69) is 10.6 Å². The van der Waals surface area contributed by atoms with Crippen LogP contribution in [0.2, 0.25) is 5.02 Å². The molecule has 0 unspecified atom stereocenters. The zero-order valence-electron chi connectivity index (χ0n) is 15.1. The molecule has 0 aliphatic carbocycles. The molecule has 0 saturated carbocycles. The van der Waals surface area contributed by atoms with Gasteiger partial charge in [-0.2, -0.15) is 0 Å². The number of hydrogen-bond donors (Lipinski definition) is 2. The number of hydrogen-bond acceptors (Lipinski definition) is 4. The van der Waals surface area contributed by atoms with E-state index in [9.17, 15) is 4.79 Å². The summed E-state index contributed by atoms with van der Waals surface area (Å²) in [6, 6.07) is 9.31. The minimum absolute atomic E-state index is 0.136. The van der Waals surface area contributed by atoms with Crippen molar-refractivity contribution in [1.29, 1.82) is 0 Å². The fraction of sp³-hybridized carbons (Fsp3) is 0.263. The molecular weight excluding hydrogens is 372 g/mol. The van der Waals surface area contributed by atoms with Gasteiger partial charge in [0, 0.05) is 11.1 Å². The highest BCUT2D eigenvalue weighted by Gasteiger charge is 2.11. The van der Waals surface area contributed by atoms with Crippen LogP contribution in [0.15, 0.2) is 30.3 Å². The zero-order chi connectivity index (χ0) is 19.3. The van der Waals surface area contributed by atoms with Gasteiger partial charge < -0.3 is 14.8 Å². The van der Waals surface area contributed by atoms with Gasteiger partial charge in [0.2, 0.25) is 0 Å². The third-order valence-electron chi connectivity index (χ3n) is 3.68. The summed E-state index contributed by atoms with van der Waals surface area (Å²) in [5, 5.41) is 6.27. The number of nitrogens with one attached hydrogen (secondary N) is 2. The van der Waals surface area contributed by atoms with Crippen LogP contribution in [-0.4, -0.2) is 24.7 Å². The average Bonchev–Trinajstić information content (AvgIpc) is 2.58. The number of amides is 1.